The first-order valence-corrected chi connectivity index (χ1v) is 6.54. The van der Waals surface area contributed by atoms with Crippen molar-refractivity contribution in [1.82, 2.24) is 0 Å². The minimum atomic E-state index is -0.668. The average molecular weight is 271 g/mol. The van der Waals surface area contributed by atoms with Gasteiger partial charge >= 0.3 is 0 Å². The zero-order valence-electron chi connectivity index (χ0n) is 11.7. The maximum atomic E-state index is 13.8. The first kappa shape index (κ1) is 14.3. The summed E-state index contributed by atoms with van der Waals surface area (Å²) in [7, 11) is 1.79. The van der Waals surface area contributed by atoms with Crippen LogP contribution in [0.4, 0.5) is 10.1 Å². The second-order valence-electron chi connectivity index (χ2n) is 5.21. The summed E-state index contributed by atoms with van der Waals surface area (Å²) < 4.78 is 13.8. The van der Waals surface area contributed by atoms with E-state index in [1.807, 2.05) is 37.3 Å². The lowest BCUT2D eigenvalue weighted by molar-refractivity contribution is -0.111. The van der Waals surface area contributed by atoms with Crippen molar-refractivity contribution in [2.45, 2.75) is 12.3 Å². The van der Waals surface area contributed by atoms with E-state index in [0.29, 0.717) is 12.2 Å². The van der Waals surface area contributed by atoms with Gasteiger partial charge in [-0.05, 0) is 24.6 Å². The van der Waals surface area contributed by atoms with Gasteiger partial charge in [0.25, 0.3) is 0 Å². The number of carbonyl (C=O) groups is 1. The van der Waals surface area contributed by atoms with Crippen LogP contribution in [-0.4, -0.2) is 19.9 Å². The van der Waals surface area contributed by atoms with E-state index in [9.17, 15) is 9.18 Å². The molecule has 0 N–H and O–H groups in total. The van der Waals surface area contributed by atoms with Crippen molar-refractivity contribution < 1.29 is 9.18 Å². The van der Waals surface area contributed by atoms with Crippen LogP contribution in [0.1, 0.15) is 12.5 Å². The molecule has 0 amide bonds. The van der Waals surface area contributed by atoms with E-state index in [4.69, 9.17) is 0 Å². The number of hydrogen-bond donors (Lipinski definition) is 0. The van der Waals surface area contributed by atoms with Crippen LogP contribution in [-0.2, 0) is 10.2 Å². The molecule has 2 aromatic carbocycles. The molecule has 0 bridgehead atoms. The number of carbonyl (C=O) groups excluding carboxylic acids is 1. The highest BCUT2D eigenvalue weighted by Crippen LogP contribution is 2.26. The molecule has 0 aromatic heterocycles. The summed E-state index contributed by atoms with van der Waals surface area (Å²) in [6, 6.07) is 16.1. The quantitative estimate of drug-likeness (QED) is 0.777. The van der Waals surface area contributed by atoms with Crippen molar-refractivity contribution in [2.75, 3.05) is 18.5 Å². The third kappa shape index (κ3) is 2.87. The lowest BCUT2D eigenvalue weighted by Crippen LogP contribution is -2.38. The van der Waals surface area contributed by atoms with Crippen LogP contribution in [0.15, 0.2) is 54.6 Å². The third-order valence-corrected chi connectivity index (χ3v) is 3.52. The number of halogens is 1. The molecule has 0 saturated heterocycles. The molecule has 0 aliphatic carbocycles. The van der Waals surface area contributed by atoms with E-state index in [1.165, 1.54) is 6.07 Å². The number of rotatable bonds is 5. The Kier molecular flexibility index (Phi) is 4.18. The van der Waals surface area contributed by atoms with Gasteiger partial charge in [0.1, 0.15) is 12.1 Å². The number of likely N-dealkylation sites (N-methyl/N-ethyl adjacent to an activating group) is 1. The minimum Gasteiger partial charge on any atom is -0.371 e. The molecule has 20 heavy (non-hydrogen) atoms. The minimum absolute atomic E-state index is 0.281. The lowest BCUT2D eigenvalue weighted by Gasteiger charge is -2.31. The van der Waals surface area contributed by atoms with Gasteiger partial charge in [-0.15, -0.1) is 0 Å². The summed E-state index contributed by atoms with van der Waals surface area (Å²) in [5, 5.41) is 0. The Morgan fingerprint density at radius 3 is 2.30 bits per heavy atom. The monoisotopic (exact) mass is 271 g/mol. The van der Waals surface area contributed by atoms with Crippen LogP contribution in [0.25, 0.3) is 0 Å². The van der Waals surface area contributed by atoms with Gasteiger partial charge in [0.05, 0.1) is 11.1 Å². The highest BCUT2D eigenvalue weighted by atomic mass is 19.1. The van der Waals surface area contributed by atoms with Gasteiger partial charge in [0.2, 0.25) is 0 Å². The Balaban J connectivity index is 2.27. The van der Waals surface area contributed by atoms with Crippen molar-refractivity contribution in [2.24, 2.45) is 0 Å². The molecule has 2 aromatic rings. The lowest BCUT2D eigenvalue weighted by atomic mass is 9.83. The van der Waals surface area contributed by atoms with E-state index in [2.05, 4.69) is 0 Å². The van der Waals surface area contributed by atoms with Crippen molar-refractivity contribution in [3.63, 3.8) is 0 Å². The van der Waals surface area contributed by atoms with E-state index >= 15 is 0 Å². The number of nitrogens with zero attached hydrogens (tertiary/aromatic N) is 1. The van der Waals surface area contributed by atoms with Crippen LogP contribution in [0.5, 0.6) is 0 Å². The molecule has 0 spiro atoms. The molecule has 104 valence electrons. The molecule has 2 nitrogen and oxygen atoms in total. The summed E-state index contributed by atoms with van der Waals surface area (Å²) in [4.78, 5) is 13.3. The van der Waals surface area contributed by atoms with E-state index in [-0.39, 0.29) is 5.82 Å². The Morgan fingerprint density at radius 2 is 1.70 bits per heavy atom. The zero-order chi connectivity index (χ0) is 14.6. The maximum absolute atomic E-state index is 13.8. The van der Waals surface area contributed by atoms with Crippen molar-refractivity contribution in [3.05, 3.63) is 66.0 Å². The largest absolute Gasteiger partial charge is 0.371 e. The number of benzene rings is 2. The fourth-order valence-electron chi connectivity index (χ4n) is 2.35. The smallest absolute Gasteiger partial charge is 0.146 e. The van der Waals surface area contributed by atoms with Gasteiger partial charge in [-0.3, -0.25) is 0 Å². The number of para-hydroxylation sites is 1. The maximum Gasteiger partial charge on any atom is 0.146 e. The molecule has 2 rings (SSSR count). The van der Waals surface area contributed by atoms with E-state index in [0.717, 1.165) is 11.8 Å². The van der Waals surface area contributed by atoms with Crippen LogP contribution in [0, 0.1) is 5.82 Å². The fraction of sp³-hybridized carbons (Fsp3) is 0.235. The second-order valence-corrected chi connectivity index (χ2v) is 5.21. The average Bonchev–Trinajstić information content (AvgIpc) is 2.48. The summed E-state index contributed by atoms with van der Waals surface area (Å²) in [6.07, 6.45) is 0.930. The summed E-state index contributed by atoms with van der Waals surface area (Å²) in [5.74, 6) is -0.281. The topological polar surface area (TPSA) is 20.3 Å². The van der Waals surface area contributed by atoms with Gasteiger partial charge < -0.3 is 9.69 Å². The molecule has 1 unspecified atom stereocenters. The number of anilines is 1. The van der Waals surface area contributed by atoms with Crippen LogP contribution in [0.3, 0.4) is 0 Å². The standard InChI is InChI=1S/C17H18FNO/c1-17(13-20,14-8-4-3-5-9-14)12-19(2)16-11-7-6-10-15(16)18/h3-11,13H,12H2,1-2H3. The van der Waals surface area contributed by atoms with Gasteiger partial charge in [0.15, 0.2) is 0 Å². The molecular weight excluding hydrogens is 253 g/mol. The number of hydrogen-bond acceptors (Lipinski definition) is 2. The molecule has 0 heterocycles. The van der Waals surface area contributed by atoms with Crippen LogP contribution >= 0.6 is 0 Å². The Bertz CT molecular complexity index is 585. The molecular formula is C17H18FNO. The SMILES string of the molecule is CN(CC(C)(C=O)c1ccccc1)c1ccccc1F. The Labute approximate surface area is 118 Å². The first-order valence-electron chi connectivity index (χ1n) is 6.54. The fourth-order valence-corrected chi connectivity index (χ4v) is 2.35. The van der Waals surface area contributed by atoms with Crippen LogP contribution in [0.2, 0.25) is 0 Å². The van der Waals surface area contributed by atoms with E-state index in [1.54, 1.807) is 30.1 Å². The summed E-state index contributed by atoms with van der Waals surface area (Å²) >= 11 is 0. The first-order chi connectivity index (χ1) is 9.57. The molecule has 1 atom stereocenters. The Hall–Kier alpha value is -2.16. The molecule has 0 aliphatic rings. The number of aldehydes is 1. The van der Waals surface area contributed by atoms with Gasteiger partial charge in [0, 0.05) is 13.6 Å². The Morgan fingerprint density at radius 1 is 1.10 bits per heavy atom. The van der Waals surface area contributed by atoms with Gasteiger partial charge in [-0.1, -0.05) is 42.5 Å². The zero-order valence-corrected chi connectivity index (χ0v) is 11.7. The van der Waals surface area contributed by atoms with Crippen LogP contribution < -0.4 is 4.90 Å². The highest BCUT2D eigenvalue weighted by molar-refractivity contribution is 5.69. The molecule has 0 radical (unpaired) electrons. The van der Waals surface area contributed by atoms with Crippen molar-refractivity contribution >= 4 is 12.0 Å². The van der Waals surface area contributed by atoms with E-state index < -0.39 is 5.41 Å². The molecule has 0 aliphatic heterocycles. The predicted octanol–water partition coefficient (Wildman–Crippen LogP) is 3.42. The van der Waals surface area contributed by atoms with Crippen molar-refractivity contribution in [3.8, 4) is 0 Å². The highest BCUT2D eigenvalue weighted by Gasteiger charge is 2.28. The summed E-state index contributed by atoms with van der Waals surface area (Å²) in [5.41, 5.74) is 0.757. The molecule has 3 heteroatoms. The summed E-state index contributed by atoms with van der Waals surface area (Å²) in [6.45, 7) is 2.29. The van der Waals surface area contributed by atoms with Crippen molar-refractivity contribution in [1.29, 1.82) is 0 Å². The second kappa shape index (κ2) is 5.87. The van der Waals surface area contributed by atoms with Gasteiger partial charge in [-0.2, -0.15) is 0 Å². The normalized spacial score (nSPS) is 13.6. The van der Waals surface area contributed by atoms with Gasteiger partial charge in [-0.25, -0.2) is 4.39 Å². The molecule has 0 saturated carbocycles. The molecule has 0 fully saturated rings. The predicted molar refractivity (Wildman–Crippen MR) is 79.5 cm³/mol. The third-order valence-electron chi connectivity index (χ3n) is 3.52.